The summed E-state index contributed by atoms with van der Waals surface area (Å²) in [5.74, 6) is 1.47. The van der Waals surface area contributed by atoms with E-state index in [0.717, 1.165) is 6.26 Å². The van der Waals surface area contributed by atoms with Crippen molar-refractivity contribution in [2.75, 3.05) is 38.9 Å². The zero-order valence-corrected chi connectivity index (χ0v) is 23.1. The van der Waals surface area contributed by atoms with Crippen LogP contribution in [-0.4, -0.2) is 67.0 Å². The number of aromatic nitrogens is 2. The van der Waals surface area contributed by atoms with E-state index in [1.165, 1.54) is 18.5 Å². The smallest absolute Gasteiger partial charge is 0.211 e. The maximum atomic E-state index is 15.3. The van der Waals surface area contributed by atoms with Crippen molar-refractivity contribution in [2.45, 2.75) is 45.8 Å². The van der Waals surface area contributed by atoms with Gasteiger partial charge in [-0.25, -0.2) is 27.1 Å². The third-order valence-electron chi connectivity index (χ3n) is 5.87. The van der Waals surface area contributed by atoms with Crippen LogP contribution in [0.4, 0.5) is 10.2 Å². The maximum Gasteiger partial charge on any atom is 0.211 e. The highest BCUT2D eigenvalue weighted by Gasteiger charge is 2.21. The van der Waals surface area contributed by atoms with E-state index in [1.54, 1.807) is 51.1 Å². The van der Waals surface area contributed by atoms with Gasteiger partial charge >= 0.3 is 0 Å². The number of rotatable bonds is 11. The number of likely N-dealkylation sites (N-methyl/N-ethyl adjacent to an activating group) is 1. The Hall–Kier alpha value is -3.02. The minimum absolute atomic E-state index is 0.108. The number of methoxy groups -OCH3 is 1. The summed E-state index contributed by atoms with van der Waals surface area (Å²) in [5.41, 5.74) is 0.444. The number of hydrogen-bond acceptors (Lipinski definition) is 8. The zero-order valence-electron chi connectivity index (χ0n) is 22.3. The largest absolute Gasteiger partial charge is 0.493 e. The van der Waals surface area contributed by atoms with E-state index in [4.69, 9.17) is 9.47 Å². The highest BCUT2D eigenvalue weighted by atomic mass is 32.2. The first kappa shape index (κ1) is 28.5. The highest BCUT2D eigenvalue weighted by Crippen LogP contribution is 2.35. The van der Waals surface area contributed by atoms with E-state index in [9.17, 15) is 13.5 Å². The van der Waals surface area contributed by atoms with Gasteiger partial charge in [0.05, 0.1) is 30.5 Å². The van der Waals surface area contributed by atoms with E-state index in [0.29, 0.717) is 45.2 Å². The second-order valence-corrected chi connectivity index (χ2v) is 11.8. The molecule has 0 bridgehead atoms. The molecule has 202 valence electrons. The molecular weight excluding hydrogens is 499 g/mol. The lowest BCUT2D eigenvalue weighted by Crippen LogP contribution is -2.29. The van der Waals surface area contributed by atoms with E-state index < -0.39 is 21.7 Å². The summed E-state index contributed by atoms with van der Waals surface area (Å²) in [6, 6.07) is 8.14. The first-order valence-corrected chi connectivity index (χ1v) is 13.7. The third kappa shape index (κ3) is 7.27. The molecular formula is C26H35FN4O5S. The molecule has 1 heterocycles. The molecule has 0 saturated heterocycles. The van der Waals surface area contributed by atoms with E-state index >= 15 is 4.39 Å². The fourth-order valence-electron chi connectivity index (χ4n) is 3.90. The Balaban J connectivity index is 1.94. The van der Waals surface area contributed by atoms with Gasteiger partial charge in [0.25, 0.3) is 0 Å². The van der Waals surface area contributed by atoms with Gasteiger partial charge in [0, 0.05) is 37.0 Å². The van der Waals surface area contributed by atoms with Gasteiger partial charge < -0.3 is 19.9 Å². The average molecular weight is 535 g/mol. The Morgan fingerprint density at radius 3 is 2.54 bits per heavy atom. The number of aliphatic hydroxyl groups is 1. The molecule has 0 aliphatic heterocycles. The Labute approximate surface area is 217 Å². The number of anilines is 1. The first-order valence-electron chi connectivity index (χ1n) is 11.9. The minimum atomic E-state index is -3.33. The van der Waals surface area contributed by atoms with Gasteiger partial charge in [-0.3, -0.25) is 0 Å². The van der Waals surface area contributed by atoms with Crippen LogP contribution in [-0.2, 0) is 16.4 Å². The van der Waals surface area contributed by atoms with Crippen molar-refractivity contribution in [2.24, 2.45) is 0 Å². The first-order chi connectivity index (χ1) is 17.2. The molecule has 0 unspecified atom stereocenters. The van der Waals surface area contributed by atoms with Gasteiger partial charge in [-0.15, -0.1) is 0 Å². The van der Waals surface area contributed by atoms with E-state index in [2.05, 4.69) is 15.3 Å². The molecule has 0 aliphatic carbocycles. The van der Waals surface area contributed by atoms with Crippen LogP contribution in [0.2, 0.25) is 0 Å². The number of aryl methyl sites for hydroxylation is 1. The second-order valence-electron chi connectivity index (χ2n) is 9.75. The van der Waals surface area contributed by atoms with Gasteiger partial charge in [-0.1, -0.05) is 18.2 Å². The molecule has 2 aromatic carbocycles. The summed E-state index contributed by atoms with van der Waals surface area (Å²) in [5, 5.41) is 14.1. The van der Waals surface area contributed by atoms with Crippen LogP contribution in [0, 0.1) is 12.7 Å². The Morgan fingerprint density at radius 1 is 1.22 bits per heavy atom. The number of halogens is 1. The normalized spacial score (nSPS) is 13.1. The van der Waals surface area contributed by atoms with Crippen LogP contribution in [0.25, 0.3) is 10.9 Å². The fourth-order valence-corrected chi connectivity index (χ4v) is 4.31. The van der Waals surface area contributed by atoms with Crippen molar-refractivity contribution in [1.82, 2.24) is 14.3 Å². The van der Waals surface area contributed by atoms with Crippen LogP contribution >= 0.6 is 0 Å². The lowest BCUT2D eigenvalue weighted by molar-refractivity contribution is 0.0799. The molecule has 0 saturated carbocycles. The van der Waals surface area contributed by atoms with E-state index in [-0.39, 0.29) is 25.4 Å². The summed E-state index contributed by atoms with van der Waals surface area (Å²) in [6.07, 6.45) is 1.32. The molecule has 0 fully saturated rings. The molecule has 37 heavy (non-hydrogen) atoms. The van der Waals surface area contributed by atoms with Crippen LogP contribution in [0.15, 0.2) is 30.3 Å². The number of fused-ring (bicyclic) bond motifs is 1. The summed E-state index contributed by atoms with van der Waals surface area (Å²) in [4.78, 5) is 9.05. The van der Waals surface area contributed by atoms with Crippen LogP contribution < -0.4 is 14.8 Å². The van der Waals surface area contributed by atoms with Crippen LogP contribution in [0.5, 0.6) is 11.5 Å². The summed E-state index contributed by atoms with van der Waals surface area (Å²) < 4.78 is 51.2. The summed E-state index contributed by atoms with van der Waals surface area (Å²) in [7, 11) is -0.341. The molecule has 0 aliphatic rings. The number of hydrogen-bond donors (Lipinski definition) is 2. The molecule has 1 aromatic heterocycles. The fraction of sp³-hybridized carbons (Fsp3) is 0.462. The highest BCUT2D eigenvalue weighted by molar-refractivity contribution is 7.88. The SMILES string of the molecule is COc1cc2nc(C)nc(N[C@H](C)c3cccc(CC(C)(C)O)c3F)c2cc1OCCN(C)S(C)(=O)=O. The molecule has 0 spiro atoms. The number of nitrogens with one attached hydrogen (secondary N) is 1. The second kappa shape index (κ2) is 11.2. The third-order valence-corrected chi connectivity index (χ3v) is 7.19. The predicted molar refractivity (Wildman–Crippen MR) is 142 cm³/mol. The molecule has 3 rings (SSSR count). The Bertz CT molecular complexity index is 1380. The molecule has 1 atom stereocenters. The molecule has 2 N–H and O–H groups in total. The van der Waals surface area contributed by atoms with E-state index in [1.807, 2.05) is 6.92 Å². The number of ether oxygens (including phenoxy) is 2. The zero-order chi connectivity index (χ0) is 27.5. The molecule has 11 heteroatoms. The molecule has 0 radical (unpaired) electrons. The number of benzene rings is 2. The summed E-state index contributed by atoms with van der Waals surface area (Å²) >= 11 is 0. The van der Waals surface area contributed by atoms with Gasteiger partial charge in [0.2, 0.25) is 10.0 Å². The van der Waals surface area contributed by atoms with Crippen molar-refractivity contribution in [1.29, 1.82) is 0 Å². The lowest BCUT2D eigenvalue weighted by Gasteiger charge is -2.22. The van der Waals surface area contributed by atoms with Crippen molar-refractivity contribution in [3.63, 3.8) is 0 Å². The Morgan fingerprint density at radius 2 is 1.92 bits per heavy atom. The Kier molecular flexibility index (Phi) is 8.61. The number of nitrogens with zero attached hydrogens (tertiary/aromatic N) is 3. The van der Waals surface area contributed by atoms with Gasteiger partial charge in [0.1, 0.15) is 24.1 Å². The molecule has 3 aromatic rings. The van der Waals surface area contributed by atoms with Crippen molar-refractivity contribution >= 4 is 26.7 Å². The standard InChI is InChI=1S/C26H35FN4O5S/c1-16(19-10-8-9-18(24(19)27)15-26(3,4)32)28-25-20-13-23(36-12-11-31(5)37(7,33)34)22(35-6)14-21(20)29-17(2)30-25/h8-10,13-14,16,32H,11-12,15H2,1-7H3,(H,28,29,30)/t16-/m1/s1. The summed E-state index contributed by atoms with van der Waals surface area (Å²) in [6.45, 7) is 7.14. The molecule has 9 nitrogen and oxygen atoms in total. The molecule has 0 amide bonds. The van der Waals surface area contributed by atoms with Crippen molar-refractivity contribution in [3.05, 3.63) is 53.1 Å². The van der Waals surface area contributed by atoms with Crippen LogP contribution in [0.3, 0.4) is 0 Å². The monoisotopic (exact) mass is 534 g/mol. The maximum absolute atomic E-state index is 15.3. The predicted octanol–water partition coefficient (Wildman–Crippen LogP) is 3.84. The quantitative estimate of drug-likeness (QED) is 0.382. The van der Waals surface area contributed by atoms with Gasteiger partial charge in [-0.05, 0) is 39.3 Å². The topological polar surface area (TPSA) is 114 Å². The van der Waals surface area contributed by atoms with Crippen molar-refractivity contribution < 1.29 is 27.4 Å². The lowest BCUT2D eigenvalue weighted by atomic mass is 9.95. The van der Waals surface area contributed by atoms with Crippen molar-refractivity contribution in [3.8, 4) is 11.5 Å². The van der Waals surface area contributed by atoms with Gasteiger partial charge in [0.15, 0.2) is 11.5 Å². The van der Waals surface area contributed by atoms with Gasteiger partial charge in [-0.2, -0.15) is 0 Å². The van der Waals surface area contributed by atoms with Crippen LogP contribution in [0.1, 0.15) is 43.8 Å². The minimum Gasteiger partial charge on any atom is -0.493 e. The number of sulfonamides is 1. The average Bonchev–Trinajstić information content (AvgIpc) is 2.78.